The van der Waals surface area contributed by atoms with Gasteiger partial charge in [0.05, 0.1) is 18.2 Å². The molecule has 1 N–H and O–H groups in total. The minimum absolute atomic E-state index is 0.389. The number of carbonyl (C=O) groups excluding carboxylic acids is 1. The monoisotopic (exact) mass is 325 g/mol. The lowest BCUT2D eigenvalue weighted by Crippen LogP contribution is -2.06. The quantitative estimate of drug-likeness (QED) is 0.727. The molecule has 1 heterocycles. The molecule has 0 atom stereocenters. The predicted octanol–water partition coefficient (Wildman–Crippen LogP) is 3.50. The van der Waals surface area contributed by atoms with Crippen molar-refractivity contribution in [1.29, 1.82) is 0 Å². The molecule has 0 saturated heterocycles. The van der Waals surface area contributed by atoms with Gasteiger partial charge in [0.25, 0.3) is 0 Å². The highest BCUT2D eigenvalue weighted by atomic mass is 19.1. The second kappa shape index (κ2) is 7.04. The van der Waals surface area contributed by atoms with Crippen LogP contribution in [-0.4, -0.2) is 23.0 Å². The molecule has 0 aliphatic heterocycles. The van der Waals surface area contributed by atoms with Gasteiger partial charge in [-0.05, 0) is 23.3 Å². The number of halogens is 1. The van der Waals surface area contributed by atoms with E-state index in [1.165, 1.54) is 13.4 Å². The van der Waals surface area contributed by atoms with Crippen LogP contribution in [-0.2, 0) is 18.0 Å². The first-order chi connectivity index (χ1) is 11.7. The van der Waals surface area contributed by atoms with E-state index in [4.69, 9.17) is 4.74 Å². The van der Waals surface area contributed by atoms with Gasteiger partial charge in [0, 0.05) is 11.9 Å². The molecule has 1 aromatic heterocycles. The standard InChI is InChI=1S/C18H16FN3O2/c1-24-18(23)15-7-3-6-14-16(15)21-11-22-17(14)20-10-13-5-2-4-12(8-13)9-19/h2-8,11H,9-10H2,1H3,(H,20,21,22). The molecule has 0 bridgehead atoms. The number of anilines is 1. The summed E-state index contributed by atoms with van der Waals surface area (Å²) in [7, 11) is 1.33. The van der Waals surface area contributed by atoms with Crippen molar-refractivity contribution in [3.63, 3.8) is 0 Å². The molecule has 3 aromatic rings. The molecule has 0 fully saturated rings. The minimum atomic E-state index is -0.493. The minimum Gasteiger partial charge on any atom is -0.465 e. The van der Waals surface area contributed by atoms with E-state index in [1.54, 1.807) is 24.3 Å². The largest absolute Gasteiger partial charge is 0.465 e. The van der Waals surface area contributed by atoms with Crippen LogP contribution >= 0.6 is 0 Å². The van der Waals surface area contributed by atoms with Crippen LogP contribution in [0.15, 0.2) is 48.8 Å². The highest BCUT2D eigenvalue weighted by molar-refractivity contribution is 6.05. The number of hydrogen-bond donors (Lipinski definition) is 1. The van der Waals surface area contributed by atoms with Crippen LogP contribution in [0.3, 0.4) is 0 Å². The van der Waals surface area contributed by atoms with Crippen molar-refractivity contribution in [2.45, 2.75) is 13.2 Å². The van der Waals surface area contributed by atoms with Crippen molar-refractivity contribution in [2.24, 2.45) is 0 Å². The van der Waals surface area contributed by atoms with Crippen LogP contribution in [0.4, 0.5) is 10.2 Å². The molecular weight excluding hydrogens is 309 g/mol. The van der Waals surface area contributed by atoms with Crippen molar-refractivity contribution in [2.75, 3.05) is 12.4 Å². The van der Waals surface area contributed by atoms with Gasteiger partial charge < -0.3 is 10.1 Å². The molecular formula is C18H16FN3O2. The Balaban J connectivity index is 1.91. The van der Waals surface area contributed by atoms with E-state index in [1.807, 2.05) is 18.2 Å². The van der Waals surface area contributed by atoms with Gasteiger partial charge in [-0.3, -0.25) is 0 Å². The van der Waals surface area contributed by atoms with E-state index in [0.29, 0.717) is 29.0 Å². The van der Waals surface area contributed by atoms with Gasteiger partial charge >= 0.3 is 5.97 Å². The summed E-state index contributed by atoms with van der Waals surface area (Å²) in [5, 5.41) is 3.94. The van der Waals surface area contributed by atoms with E-state index in [-0.39, 0.29) is 0 Å². The summed E-state index contributed by atoms with van der Waals surface area (Å²) in [6, 6.07) is 12.5. The number of rotatable bonds is 5. The molecule has 0 spiro atoms. The molecule has 0 radical (unpaired) electrons. The lowest BCUT2D eigenvalue weighted by atomic mass is 10.1. The molecule has 0 saturated carbocycles. The van der Waals surface area contributed by atoms with E-state index in [0.717, 1.165) is 10.9 Å². The van der Waals surface area contributed by atoms with Crippen LogP contribution in [0.5, 0.6) is 0 Å². The first-order valence-electron chi connectivity index (χ1n) is 7.42. The molecule has 24 heavy (non-hydrogen) atoms. The van der Waals surface area contributed by atoms with Crippen LogP contribution in [0.1, 0.15) is 21.5 Å². The van der Waals surface area contributed by atoms with Gasteiger partial charge in [0.1, 0.15) is 18.8 Å². The fraction of sp³-hybridized carbons (Fsp3) is 0.167. The second-order valence-corrected chi connectivity index (χ2v) is 5.22. The zero-order valence-corrected chi connectivity index (χ0v) is 13.1. The first kappa shape index (κ1) is 15.9. The second-order valence-electron chi connectivity index (χ2n) is 5.22. The third-order valence-electron chi connectivity index (χ3n) is 3.68. The number of esters is 1. The van der Waals surface area contributed by atoms with Crippen molar-refractivity contribution in [3.05, 3.63) is 65.5 Å². The van der Waals surface area contributed by atoms with E-state index in [9.17, 15) is 9.18 Å². The van der Waals surface area contributed by atoms with Crippen LogP contribution in [0.25, 0.3) is 10.9 Å². The number of fused-ring (bicyclic) bond motifs is 1. The van der Waals surface area contributed by atoms with E-state index < -0.39 is 12.6 Å². The van der Waals surface area contributed by atoms with Crippen molar-refractivity contribution >= 4 is 22.7 Å². The zero-order valence-electron chi connectivity index (χ0n) is 13.1. The molecule has 0 aliphatic rings. The molecule has 3 rings (SSSR count). The number of para-hydroxylation sites is 1. The van der Waals surface area contributed by atoms with Gasteiger partial charge in [-0.1, -0.05) is 30.3 Å². The molecule has 6 heteroatoms. The van der Waals surface area contributed by atoms with Crippen molar-refractivity contribution in [3.8, 4) is 0 Å². The Morgan fingerprint density at radius 2 is 1.96 bits per heavy atom. The Hall–Kier alpha value is -3.02. The highest BCUT2D eigenvalue weighted by Gasteiger charge is 2.13. The topological polar surface area (TPSA) is 64.1 Å². The molecule has 122 valence electrons. The summed E-state index contributed by atoms with van der Waals surface area (Å²) in [5.41, 5.74) is 2.50. The van der Waals surface area contributed by atoms with Crippen LogP contribution in [0.2, 0.25) is 0 Å². The van der Waals surface area contributed by atoms with Gasteiger partial charge in [-0.2, -0.15) is 0 Å². The maximum Gasteiger partial charge on any atom is 0.340 e. The number of hydrogen-bond acceptors (Lipinski definition) is 5. The summed E-state index contributed by atoms with van der Waals surface area (Å²) in [4.78, 5) is 20.3. The maximum absolute atomic E-state index is 12.7. The summed E-state index contributed by atoms with van der Waals surface area (Å²) >= 11 is 0. The average Bonchev–Trinajstić information content (AvgIpc) is 2.65. The number of alkyl halides is 1. The summed E-state index contributed by atoms with van der Waals surface area (Å²) in [6.07, 6.45) is 1.40. The van der Waals surface area contributed by atoms with Crippen molar-refractivity contribution < 1.29 is 13.9 Å². The molecule has 0 amide bonds. The van der Waals surface area contributed by atoms with Gasteiger partial charge in [0.2, 0.25) is 0 Å². The fourth-order valence-electron chi connectivity index (χ4n) is 2.51. The number of ether oxygens (including phenoxy) is 1. The first-order valence-corrected chi connectivity index (χ1v) is 7.42. The summed E-state index contributed by atoms with van der Waals surface area (Å²) < 4.78 is 17.5. The van der Waals surface area contributed by atoms with Crippen molar-refractivity contribution in [1.82, 2.24) is 9.97 Å². The SMILES string of the molecule is COC(=O)c1cccc2c(NCc3cccc(CF)c3)ncnc12. The Labute approximate surface area is 138 Å². The summed E-state index contributed by atoms with van der Waals surface area (Å²) in [5.74, 6) is 0.164. The van der Waals surface area contributed by atoms with Gasteiger partial charge in [-0.25, -0.2) is 19.2 Å². The Morgan fingerprint density at radius 3 is 2.75 bits per heavy atom. The van der Waals surface area contributed by atoms with Gasteiger partial charge in [-0.15, -0.1) is 0 Å². The molecule has 5 nitrogen and oxygen atoms in total. The predicted molar refractivity (Wildman–Crippen MR) is 89.5 cm³/mol. The molecule has 0 aliphatic carbocycles. The Morgan fingerprint density at radius 1 is 1.17 bits per heavy atom. The molecule has 2 aromatic carbocycles. The smallest absolute Gasteiger partial charge is 0.340 e. The van der Waals surface area contributed by atoms with E-state index in [2.05, 4.69) is 15.3 Å². The molecule has 0 unspecified atom stereocenters. The fourth-order valence-corrected chi connectivity index (χ4v) is 2.51. The summed E-state index contributed by atoms with van der Waals surface area (Å²) in [6.45, 7) is -0.00479. The number of nitrogens with one attached hydrogen (secondary N) is 1. The lowest BCUT2D eigenvalue weighted by molar-refractivity contribution is 0.0603. The normalized spacial score (nSPS) is 10.6. The number of carbonyl (C=O) groups is 1. The number of benzene rings is 2. The van der Waals surface area contributed by atoms with Crippen LogP contribution < -0.4 is 5.32 Å². The van der Waals surface area contributed by atoms with Gasteiger partial charge in [0.15, 0.2) is 0 Å². The third-order valence-corrected chi connectivity index (χ3v) is 3.68. The Kier molecular flexibility index (Phi) is 4.65. The Bertz CT molecular complexity index is 883. The van der Waals surface area contributed by atoms with E-state index >= 15 is 0 Å². The average molecular weight is 325 g/mol. The lowest BCUT2D eigenvalue weighted by Gasteiger charge is -2.10. The maximum atomic E-state index is 12.7. The third kappa shape index (κ3) is 3.17. The number of aromatic nitrogens is 2. The van der Waals surface area contributed by atoms with Crippen LogP contribution in [0, 0.1) is 0 Å². The number of nitrogens with zero attached hydrogens (tertiary/aromatic N) is 2. The zero-order chi connectivity index (χ0) is 16.9. The number of methoxy groups -OCH3 is 1. The highest BCUT2D eigenvalue weighted by Crippen LogP contribution is 2.23.